The highest BCUT2D eigenvalue weighted by molar-refractivity contribution is 6.12. The highest BCUT2D eigenvalue weighted by Crippen LogP contribution is 2.21. The Labute approximate surface area is 171 Å². The summed E-state index contributed by atoms with van der Waals surface area (Å²) in [6.45, 7) is 6.08. The fourth-order valence-electron chi connectivity index (χ4n) is 3.12. The van der Waals surface area contributed by atoms with Crippen LogP contribution in [0.25, 0.3) is 0 Å². The molecule has 3 aromatic rings. The van der Waals surface area contributed by atoms with E-state index < -0.39 is 0 Å². The first-order chi connectivity index (χ1) is 14.1. The minimum absolute atomic E-state index is 0.255. The van der Waals surface area contributed by atoms with E-state index in [0.717, 1.165) is 18.8 Å². The molecular weight excluding hydrogens is 362 g/mol. The van der Waals surface area contributed by atoms with Gasteiger partial charge in [0.25, 0.3) is 11.8 Å². The maximum Gasteiger partial charge on any atom is 0.257 e. The number of hydrogen-bond donors (Lipinski definition) is 2. The Morgan fingerprint density at radius 3 is 2.00 bits per heavy atom. The van der Waals surface area contributed by atoms with Gasteiger partial charge in [0, 0.05) is 30.0 Å². The Morgan fingerprint density at radius 2 is 1.34 bits per heavy atom. The van der Waals surface area contributed by atoms with Gasteiger partial charge in [0.05, 0.1) is 11.3 Å². The molecule has 0 unspecified atom stereocenters. The summed E-state index contributed by atoms with van der Waals surface area (Å²) < 4.78 is 0. The van der Waals surface area contributed by atoms with Gasteiger partial charge in [-0.1, -0.05) is 30.3 Å². The lowest BCUT2D eigenvalue weighted by molar-refractivity contribution is 0.102. The first kappa shape index (κ1) is 20.1. The smallest absolute Gasteiger partial charge is 0.257 e. The number of carbonyl (C=O) groups excluding carboxylic acids is 2. The van der Waals surface area contributed by atoms with Gasteiger partial charge in [-0.2, -0.15) is 0 Å². The van der Waals surface area contributed by atoms with Crippen LogP contribution in [0.15, 0.2) is 78.9 Å². The number of nitrogens with zero attached hydrogens (tertiary/aromatic N) is 1. The van der Waals surface area contributed by atoms with Gasteiger partial charge in [-0.25, -0.2) is 0 Å². The van der Waals surface area contributed by atoms with E-state index in [1.807, 2.05) is 30.3 Å². The molecule has 29 heavy (non-hydrogen) atoms. The largest absolute Gasteiger partial charge is 0.372 e. The van der Waals surface area contributed by atoms with Crippen LogP contribution in [0, 0.1) is 0 Å². The van der Waals surface area contributed by atoms with E-state index in [9.17, 15) is 9.59 Å². The van der Waals surface area contributed by atoms with E-state index in [4.69, 9.17) is 0 Å². The van der Waals surface area contributed by atoms with Gasteiger partial charge in [-0.3, -0.25) is 9.59 Å². The zero-order valence-corrected chi connectivity index (χ0v) is 16.7. The van der Waals surface area contributed by atoms with E-state index in [1.165, 1.54) is 0 Å². The van der Waals surface area contributed by atoms with Crippen molar-refractivity contribution in [2.75, 3.05) is 28.6 Å². The topological polar surface area (TPSA) is 61.4 Å². The van der Waals surface area contributed by atoms with Crippen LogP contribution in [0.4, 0.5) is 17.1 Å². The van der Waals surface area contributed by atoms with E-state index >= 15 is 0 Å². The van der Waals surface area contributed by atoms with Crippen molar-refractivity contribution in [2.24, 2.45) is 0 Å². The van der Waals surface area contributed by atoms with Gasteiger partial charge in [-0.05, 0) is 62.4 Å². The van der Waals surface area contributed by atoms with Gasteiger partial charge >= 0.3 is 0 Å². The molecule has 148 valence electrons. The van der Waals surface area contributed by atoms with Gasteiger partial charge in [0.1, 0.15) is 0 Å². The zero-order chi connectivity index (χ0) is 20.6. The van der Waals surface area contributed by atoms with Crippen LogP contribution in [0.5, 0.6) is 0 Å². The molecule has 0 spiro atoms. The molecule has 3 aromatic carbocycles. The van der Waals surface area contributed by atoms with Crippen molar-refractivity contribution in [3.63, 3.8) is 0 Å². The summed E-state index contributed by atoms with van der Waals surface area (Å²) in [5, 5.41) is 5.73. The second kappa shape index (κ2) is 9.55. The van der Waals surface area contributed by atoms with Gasteiger partial charge in [0.15, 0.2) is 0 Å². The monoisotopic (exact) mass is 387 g/mol. The maximum absolute atomic E-state index is 12.8. The lowest BCUT2D eigenvalue weighted by atomic mass is 10.1. The Bertz CT molecular complexity index is 965. The highest BCUT2D eigenvalue weighted by Gasteiger charge is 2.14. The third kappa shape index (κ3) is 5.02. The molecule has 0 radical (unpaired) electrons. The molecular formula is C24H25N3O2. The number of para-hydroxylation sites is 1. The molecule has 2 amide bonds. The van der Waals surface area contributed by atoms with Crippen LogP contribution in [-0.2, 0) is 0 Å². The fourth-order valence-corrected chi connectivity index (χ4v) is 3.12. The summed E-state index contributed by atoms with van der Waals surface area (Å²) in [7, 11) is 0. The van der Waals surface area contributed by atoms with Crippen molar-refractivity contribution in [3.05, 3.63) is 90.0 Å². The first-order valence-electron chi connectivity index (χ1n) is 9.74. The van der Waals surface area contributed by atoms with Gasteiger partial charge in [0.2, 0.25) is 0 Å². The second-order valence-corrected chi connectivity index (χ2v) is 6.54. The summed E-state index contributed by atoms with van der Waals surface area (Å²) in [4.78, 5) is 27.5. The maximum atomic E-state index is 12.8. The van der Waals surface area contributed by atoms with Crippen LogP contribution < -0.4 is 15.5 Å². The number of benzene rings is 3. The molecule has 0 fully saturated rings. The first-order valence-corrected chi connectivity index (χ1v) is 9.74. The number of amides is 2. The highest BCUT2D eigenvalue weighted by atomic mass is 16.2. The average molecular weight is 387 g/mol. The summed E-state index contributed by atoms with van der Waals surface area (Å²) in [6, 6.07) is 23.6. The van der Waals surface area contributed by atoms with Crippen molar-refractivity contribution < 1.29 is 9.59 Å². The van der Waals surface area contributed by atoms with E-state index in [0.29, 0.717) is 22.5 Å². The molecule has 0 saturated carbocycles. The normalized spacial score (nSPS) is 10.3. The lowest BCUT2D eigenvalue weighted by Crippen LogP contribution is -2.21. The van der Waals surface area contributed by atoms with E-state index in [1.54, 1.807) is 48.5 Å². The molecule has 0 aliphatic heterocycles. The summed E-state index contributed by atoms with van der Waals surface area (Å²) >= 11 is 0. The minimum atomic E-state index is -0.274. The van der Waals surface area contributed by atoms with E-state index in [2.05, 4.69) is 29.4 Å². The van der Waals surface area contributed by atoms with Gasteiger partial charge < -0.3 is 15.5 Å². The van der Waals surface area contributed by atoms with Crippen molar-refractivity contribution in [2.45, 2.75) is 13.8 Å². The zero-order valence-electron chi connectivity index (χ0n) is 16.7. The van der Waals surface area contributed by atoms with Crippen LogP contribution >= 0.6 is 0 Å². The summed E-state index contributed by atoms with van der Waals surface area (Å²) in [5.74, 6) is -0.529. The molecule has 3 rings (SSSR count). The molecule has 0 heterocycles. The van der Waals surface area contributed by atoms with Crippen LogP contribution in [0.1, 0.15) is 34.6 Å². The molecule has 5 nitrogen and oxygen atoms in total. The number of nitrogens with one attached hydrogen (secondary N) is 2. The summed E-state index contributed by atoms with van der Waals surface area (Å²) in [5.41, 5.74) is 3.23. The standard InChI is InChI=1S/C24H25N3O2/c1-3-27(4-2)20-16-14-19(15-17-20)25-24(29)21-12-8-9-13-22(21)26-23(28)18-10-6-5-7-11-18/h5-17H,3-4H2,1-2H3,(H,25,29)(H,26,28). The SMILES string of the molecule is CCN(CC)c1ccc(NC(=O)c2ccccc2NC(=O)c2ccccc2)cc1. The molecule has 0 aliphatic carbocycles. The van der Waals surface area contributed by atoms with Crippen molar-refractivity contribution in [1.82, 2.24) is 0 Å². The van der Waals surface area contributed by atoms with Crippen molar-refractivity contribution in [3.8, 4) is 0 Å². The van der Waals surface area contributed by atoms with Crippen molar-refractivity contribution in [1.29, 1.82) is 0 Å². The number of carbonyl (C=O) groups is 2. The quantitative estimate of drug-likeness (QED) is 0.597. The Kier molecular flexibility index (Phi) is 6.63. The van der Waals surface area contributed by atoms with Crippen molar-refractivity contribution >= 4 is 28.9 Å². The molecule has 0 atom stereocenters. The molecule has 2 N–H and O–H groups in total. The van der Waals surface area contributed by atoms with Gasteiger partial charge in [-0.15, -0.1) is 0 Å². The molecule has 0 aromatic heterocycles. The second-order valence-electron chi connectivity index (χ2n) is 6.54. The molecule has 5 heteroatoms. The van der Waals surface area contributed by atoms with Crippen LogP contribution in [0.3, 0.4) is 0 Å². The predicted octanol–water partition coefficient (Wildman–Crippen LogP) is 5.04. The molecule has 0 saturated heterocycles. The average Bonchev–Trinajstić information content (AvgIpc) is 2.76. The Balaban J connectivity index is 1.74. The van der Waals surface area contributed by atoms with E-state index in [-0.39, 0.29) is 11.8 Å². The number of anilines is 3. The Morgan fingerprint density at radius 1 is 0.724 bits per heavy atom. The molecule has 0 aliphatic rings. The number of hydrogen-bond acceptors (Lipinski definition) is 3. The number of rotatable bonds is 7. The third-order valence-electron chi connectivity index (χ3n) is 4.71. The molecule has 0 bridgehead atoms. The minimum Gasteiger partial charge on any atom is -0.372 e. The fraction of sp³-hybridized carbons (Fsp3) is 0.167. The summed E-state index contributed by atoms with van der Waals surface area (Å²) in [6.07, 6.45) is 0. The predicted molar refractivity (Wildman–Crippen MR) is 119 cm³/mol. The Hall–Kier alpha value is -3.60. The van der Waals surface area contributed by atoms with Crippen LogP contribution in [-0.4, -0.2) is 24.9 Å². The third-order valence-corrected chi connectivity index (χ3v) is 4.71. The lowest BCUT2D eigenvalue weighted by Gasteiger charge is -2.21. The van der Waals surface area contributed by atoms with Crippen LogP contribution in [0.2, 0.25) is 0 Å².